The van der Waals surface area contributed by atoms with E-state index in [9.17, 15) is 4.79 Å². The van der Waals surface area contributed by atoms with Crippen LogP contribution in [0, 0.1) is 0 Å². The molecule has 19 heavy (non-hydrogen) atoms. The van der Waals surface area contributed by atoms with Crippen molar-refractivity contribution in [1.82, 2.24) is 9.97 Å². The van der Waals surface area contributed by atoms with E-state index in [-0.39, 0.29) is 5.97 Å². The molecule has 2 heterocycles. The number of nitrogens with one attached hydrogen (secondary N) is 1. The van der Waals surface area contributed by atoms with Crippen molar-refractivity contribution < 1.29 is 9.53 Å². The number of methoxy groups -OCH3 is 1. The molecule has 0 aliphatic rings. The van der Waals surface area contributed by atoms with Crippen LogP contribution in [-0.4, -0.2) is 23.0 Å². The average Bonchev–Trinajstić information content (AvgIpc) is 2.86. The molecule has 3 aromatic rings. The van der Waals surface area contributed by atoms with Crippen LogP contribution >= 0.6 is 0 Å². The summed E-state index contributed by atoms with van der Waals surface area (Å²) in [6.07, 6.45) is 3.41. The normalized spacial score (nSPS) is 10.6. The van der Waals surface area contributed by atoms with Gasteiger partial charge in [0.05, 0.1) is 7.11 Å². The first-order chi connectivity index (χ1) is 9.31. The van der Waals surface area contributed by atoms with Gasteiger partial charge in [-0.1, -0.05) is 18.2 Å². The zero-order valence-electron chi connectivity index (χ0n) is 10.4. The molecule has 3 rings (SSSR count). The molecule has 0 saturated heterocycles. The fraction of sp³-hybridized carbons (Fsp3) is 0.0667. The molecule has 0 spiro atoms. The summed E-state index contributed by atoms with van der Waals surface area (Å²) in [5.74, 6) is -0.372. The van der Waals surface area contributed by atoms with Gasteiger partial charge in [-0.15, -0.1) is 0 Å². The molecule has 0 unspecified atom stereocenters. The summed E-state index contributed by atoms with van der Waals surface area (Å²) in [6.45, 7) is 0. The van der Waals surface area contributed by atoms with Crippen molar-refractivity contribution in [2.24, 2.45) is 0 Å². The second-order valence-corrected chi connectivity index (χ2v) is 4.15. The van der Waals surface area contributed by atoms with Crippen LogP contribution in [-0.2, 0) is 4.74 Å². The molecule has 94 valence electrons. The summed E-state index contributed by atoms with van der Waals surface area (Å²) in [7, 11) is 1.38. The number of fused-ring (bicyclic) bond motifs is 1. The quantitative estimate of drug-likeness (QED) is 0.713. The number of esters is 1. The van der Waals surface area contributed by atoms with E-state index in [2.05, 4.69) is 9.97 Å². The van der Waals surface area contributed by atoms with E-state index >= 15 is 0 Å². The Morgan fingerprint density at radius 1 is 1.16 bits per heavy atom. The second-order valence-electron chi connectivity index (χ2n) is 4.15. The molecule has 0 saturated carbocycles. The Bertz CT molecular complexity index is 732. The number of pyridine rings is 1. The van der Waals surface area contributed by atoms with Crippen molar-refractivity contribution in [3.05, 3.63) is 54.5 Å². The van der Waals surface area contributed by atoms with Gasteiger partial charge >= 0.3 is 5.97 Å². The third-order valence-electron chi connectivity index (χ3n) is 3.06. The van der Waals surface area contributed by atoms with Gasteiger partial charge in [0.1, 0.15) is 5.69 Å². The number of hydrogen-bond acceptors (Lipinski definition) is 3. The molecule has 2 aromatic heterocycles. The maximum absolute atomic E-state index is 11.9. The Kier molecular flexibility index (Phi) is 2.76. The number of carbonyl (C=O) groups is 1. The SMILES string of the molecule is COC(=O)c1[nH]c2ccccc2c1-c1ccncc1. The highest BCUT2D eigenvalue weighted by atomic mass is 16.5. The zero-order valence-corrected chi connectivity index (χ0v) is 10.4. The minimum absolute atomic E-state index is 0.372. The van der Waals surface area contributed by atoms with Crippen LogP contribution in [0.25, 0.3) is 22.0 Å². The van der Waals surface area contributed by atoms with Gasteiger partial charge in [0, 0.05) is 28.9 Å². The summed E-state index contributed by atoms with van der Waals surface area (Å²) < 4.78 is 4.84. The van der Waals surface area contributed by atoms with Crippen molar-refractivity contribution in [2.75, 3.05) is 7.11 Å². The molecule has 4 nitrogen and oxygen atoms in total. The van der Waals surface area contributed by atoms with Crippen LogP contribution < -0.4 is 0 Å². The van der Waals surface area contributed by atoms with Crippen molar-refractivity contribution >= 4 is 16.9 Å². The minimum Gasteiger partial charge on any atom is -0.464 e. The van der Waals surface area contributed by atoms with Gasteiger partial charge in [-0.25, -0.2) is 4.79 Å². The Balaban J connectivity index is 2.34. The van der Waals surface area contributed by atoms with Crippen molar-refractivity contribution in [2.45, 2.75) is 0 Å². The van der Waals surface area contributed by atoms with Crippen molar-refractivity contribution in [1.29, 1.82) is 0 Å². The fourth-order valence-corrected chi connectivity index (χ4v) is 2.22. The summed E-state index contributed by atoms with van der Waals surface area (Å²) in [5.41, 5.74) is 3.17. The molecule has 0 amide bonds. The van der Waals surface area contributed by atoms with Crippen LogP contribution in [0.3, 0.4) is 0 Å². The van der Waals surface area contributed by atoms with Gasteiger partial charge in [-0.05, 0) is 23.8 Å². The van der Waals surface area contributed by atoms with Crippen molar-refractivity contribution in [3.8, 4) is 11.1 Å². The monoisotopic (exact) mass is 252 g/mol. The number of ether oxygens (including phenoxy) is 1. The highest BCUT2D eigenvalue weighted by Gasteiger charge is 2.19. The van der Waals surface area contributed by atoms with Crippen LogP contribution in [0.4, 0.5) is 0 Å². The smallest absolute Gasteiger partial charge is 0.355 e. The zero-order chi connectivity index (χ0) is 13.2. The largest absolute Gasteiger partial charge is 0.464 e. The first kappa shape index (κ1) is 11.5. The standard InChI is InChI=1S/C15H12N2O2/c1-19-15(18)14-13(10-6-8-16-9-7-10)11-4-2-3-5-12(11)17-14/h2-9,17H,1H3. The molecular weight excluding hydrogens is 240 g/mol. The van der Waals surface area contributed by atoms with Crippen LogP contribution in [0.5, 0.6) is 0 Å². The van der Waals surface area contributed by atoms with Gasteiger partial charge in [0.2, 0.25) is 0 Å². The van der Waals surface area contributed by atoms with E-state index in [4.69, 9.17) is 4.74 Å². The lowest BCUT2D eigenvalue weighted by molar-refractivity contribution is 0.0596. The highest BCUT2D eigenvalue weighted by molar-refractivity contribution is 6.07. The lowest BCUT2D eigenvalue weighted by atomic mass is 10.0. The predicted molar refractivity (Wildman–Crippen MR) is 72.9 cm³/mol. The number of benzene rings is 1. The molecule has 1 aromatic carbocycles. The van der Waals surface area contributed by atoms with E-state index in [1.165, 1.54) is 7.11 Å². The van der Waals surface area contributed by atoms with Gasteiger partial charge in [0.15, 0.2) is 0 Å². The van der Waals surface area contributed by atoms with E-state index in [0.29, 0.717) is 5.69 Å². The van der Waals surface area contributed by atoms with Crippen molar-refractivity contribution in [3.63, 3.8) is 0 Å². The molecule has 0 aliphatic carbocycles. The Morgan fingerprint density at radius 3 is 2.63 bits per heavy atom. The lowest BCUT2D eigenvalue weighted by Crippen LogP contribution is -2.03. The molecule has 0 atom stereocenters. The summed E-state index contributed by atoms with van der Waals surface area (Å²) in [4.78, 5) is 19.0. The third kappa shape index (κ3) is 1.87. The molecule has 4 heteroatoms. The number of aromatic amines is 1. The van der Waals surface area contributed by atoms with Gasteiger partial charge < -0.3 is 9.72 Å². The highest BCUT2D eigenvalue weighted by Crippen LogP contribution is 2.32. The number of carbonyl (C=O) groups excluding carboxylic acids is 1. The fourth-order valence-electron chi connectivity index (χ4n) is 2.22. The number of para-hydroxylation sites is 1. The first-order valence-corrected chi connectivity index (χ1v) is 5.90. The van der Waals surface area contributed by atoms with Crippen LogP contribution in [0.15, 0.2) is 48.8 Å². The van der Waals surface area contributed by atoms with E-state index in [1.807, 2.05) is 36.4 Å². The van der Waals surface area contributed by atoms with Crippen LogP contribution in [0.2, 0.25) is 0 Å². The minimum atomic E-state index is -0.372. The molecule has 0 aliphatic heterocycles. The Morgan fingerprint density at radius 2 is 1.89 bits per heavy atom. The first-order valence-electron chi connectivity index (χ1n) is 5.90. The number of aromatic nitrogens is 2. The summed E-state index contributed by atoms with van der Waals surface area (Å²) >= 11 is 0. The summed E-state index contributed by atoms with van der Waals surface area (Å²) in [5, 5.41) is 0.995. The average molecular weight is 252 g/mol. The van der Waals surface area contributed by atoms with E-state index in [1.54, 1.807) is 12.4 Å². The number of nitrogens with zero attached hydrogens (tertiary/aromatic N) is 1. The number of hydrogen-bond donors (Lipinski definition) is 1. The molecule has 0 fully saturated rings. The predicted octanol–water partition coefficient (Wildman–Crippen LogP) is 3.02. The van der Waals surface area contributed by atoms with Gasteiger partial charge in [-0.3, -0.25) is 4.98 Å². The van der Waals surface area contributed by atoms with E-state index < -0.39 is 0 Å². The third-order valence-corrected chi connectivity index (χ3v) is 3.06. The maximum atomic E-state index is 11.9. The van der Waals surface area contributed by atoms with Gasteiger partial charge in [-0.2, -0.15) is 0 Å². The molecule has 0 radical (unpaired) electrons. The van der Waals surface area contributed by atoms with Crippen LogP contribution in [0.1, 0.15) is 10.5 Å². The summed E-state index contributed by atoms with van der Waals surface area (Å²) in [6, 6.07) is 11.5. The van der Waals surface area contributed by atoms with Gasteiger partial charge in [0.25, 0.3) is 0 Å². The number of rotatable bonds is 2. The maximum Gasteiger partial charge on any atom is 0.355 e. The second kappa shape index (κ2) is 4.57. The number of H-pyrrole nitrogens is 1. The Labute approximate surface area is 110 Å². The van der Waals surface area contributed by atoms with E-state index in [0.717, 1.165) is 22.0 Å². The molecular formula is C15H12N2O2. The molecule has 0 bridgehead atoms. The molecule has 1 N–H and O–H groups in total. The lowest BCUT2D eigenvalue weighted by Gasteiger charge is -2.03. The Hall–Kier alpha value is -2.62. The topological polar surface area (TPSA) is 55.0 Å².